The highest BCUT2D eigenvalue weighted by Gasteiger charge is 2.34. The first-order valence-electron chi connectivity index (χ1n) is 5.42. The minimum Gasteiger partial charge on any atom is -0.211 e. The first kappa shape index (κ1) is 16.5. The lowest BCUT2D eigenvalue weighted by molar-refractivity contribution is -0.138. The van der Waals surface area contributed by atoms with Crippen LogP contribution in [0.3, 0.4) is 0 Å². The molecule has 3 nitrogen and oxygen atoms in total. The Morgan fingerprint density at radius 2 is 1.95 bits per heavy atom. The SMILES string of the molecule is Cc1c(C(F)(F)F)cccc1S(=O)(=O)NCCCBr. The summed E-state index contributed by atoms with van der Waals surface area (Å²) in [5, 5.41) is 0.608. The quantitative estimate of drug-likeness (QED) is 0.648. The van der Waals surface area contributed by atoms with Gasteiger partial charge in [-0.05, 0) is 31.0 Å². The lowest BCUT2D eigenvalue weighted by Crippen LogP contribution is -2.26. The van der Waals surface area contributed by atoms with Crippen molar-refractivity contribution in [1.29, 1.82) is 0 Å². The van der Waals surface area contributed by atoms with E-state index >= 15 is 0 Å². The largest absolute Gasteiger partial charge is 0.416 e. The maximum Gasteiger partial charge on any atom is 0.416 e. The van der Waals surface area contributed by atoms with Gasteiger partial charge < -0.3 is 0 Å². The van der Waals surface area contributed by atoms with Gasteiger partial charge in [-0.25, -0.2) is 13.1 Å². The highest BCUT2D eigenvalue weighted by Crippen LogP contribution is 2.34. The fourth-order valence-electron chi connectivity index (χ4n) is 1.56. The Kier molecular flexibility index (Phi) is 5.40. The molecule has 0 spiro atoms. The fourth-order valence-corrected chi connectivity index (χ4v) is 3.18. The van der Waals surface area contributed by atoms with Gasteiger partial charge in [-0.2, -0.15) is 13.2 Å². The van der Waals surface area contributed by atoms with Crippen molar-refractivity contribution in [3.63, 3.8) is 0 Å². The van der Waals surface area contributed by atoms with E-state index < -0.39 is 21.8 Å². The second kappa shape index (κ2) is 6.23. The van der Waals surface area contributed by atoms with E-state index in [0.29, 0.717) is 11.8 Å². The minimum absolute atomic E-state index is 0.170. The Labute approximate surface area is 118 Å². The first-order valence-corrected chi connectivity index (χ1v) is 8.03. The van der Waals surface area contributed by atoms with Crippen LogP contribution in [-0.4, -0.2) is 20.3 Å². The van der Waals surface area contributed by atoms with Crippen molar-refractivity contribution < 1.29 is 21.6 Å². The predicted molar refractivity (Wildman–Crippen MR) is 69.8 cm³/mol. The number of hydrogen-bond donors (Lipinski definition) is 1. The standard InChI is InChI=1S/C11H13BrF3NO2S/c1-8-9(11(13,14)15)4-2-5-10(8)19(17,18)16-7-3-6-12/h2,4-5,16H,3,6-7H2,1H3. The third-order valence-electron chi connectivity index (χ3n) is 2.48. The topological polar surface area (TPSA) is 46.2 Å². The summed E-state index contributed by atoms with van der Waals surface area (Å²) < 4.78 is 64.2. The molecule has 0 bridgehead atoms. The molecule has 0 fully saturated rings. The van der Waals surface area contributed by atoms with Crippen molar-refractivity contribution in [2.24, 2.45) is 0 Å². The zero-order valence-corrected chi connectivity index (χ0v) is 12.5. The van der Waals surface area contributed by atoms with Crippen LogP contribution in [0.5, 0.6) is 0 Å². The zero-order chi connectivity index (χ0) is 14.7. The van der Waals surface area contributed by atoms with Gasteiger partial charge in [0.2, 0.25) is 10.0 Å². The van der Waals surface area contributed by atoms with Crippen molar-refractivity contribution in [1.82, 2.24) is 4.72 Å². The van der Waals surface area contributed by atoms with E-state index in [1.807, 2.05) is 0 Å². The average molecular weight is 360 g/mol. The molecule has 0 aliphatic carbocycles. The molecule has 19 heavy (non-hydrogen) atoms. The summed E-state index contributed by atoms with van der Waals surface area (Å²) in [6, 6.07) is 3.13. The molecule has 0 aromatic heterocycles. The molecule has 0 amide bonds. The van der Waals surface area contributed by atoms with Crippen molar-refractivity contribution in [2.75, 3.05) is 11.9 Å². The Bertz CT molecular complexity index is 543. The van der Waals surface area contributed by atoms with Crippen LogP contribution in [0.2, 0.25) is 0 Å². The summed E-state index contributed by atoms with van der Waals surface area (Å²) in [6.07, 6.45) is -4.01. The van der Waals surface area contributed by atoms with Gasteiger partial charge in [-0.3, -0.25) is 0 Å². The van der Waals surface area contributed by atoms with E-state index in [4.69, 9.17) is 0 Å². The zero-order valence-electron chi connectivity index (χ0n) is 10.1. The van der Waals surface area contributed by atoms with Crippen LogP contribution in [0.1, 0.15) is 17.5 Å². The molecule has 108 valence electrons. The van der Waals surface area contributed by atoms with E-state index in [1.165, 1.54) is 6.07 Å². The van der Waals surface area contributed by atoms with Gasteiger partial charge in [0, 0.05) is 11.9 Å². The van der Waals surface area contributed by atoms with E-state index in [1.54, 1.807) is 0 Å². The Morgan fingerprint density at radius 3 is 2.47 bits per heavy atom. The highest BCUT2D eigenvalue weighted by atomic mass is 79.9. The number of rotatable bonds is 5. The molecule has 0 aliphatic rings. The van der Waals surface area contributed by atoms with Gasteiger partial charge in [-0.1, -0.05) is 22.0 Å². The van der Waals surface area contributed by atoms with Crippen molar-refractivity contribution >= 4 is 26.0 Å². The van der Waals surface area contributed by atoms with Crippen molar-refractivity contribution in [2.45, 2.75) is 24.4 Å². The summed E-state index contributed by atoms with van der Waals surface area (Å²) >= 11 is 3.14. The van der Waals surface area contributed by atoms with Gasteiger partial charge in [0.1, 0.15) is 0 Å². The van der Waals surface area contributed by atoms with E-state index in [0.717, 1.165) is 19.1 Å². The van der Waals surface area contributed by atoms with Gasteiger partial charge in [0.05, 0.1) is 10.5 Å². The molecule has 0 unspecified atom stereocenters. The summed E-state index contributed by atoms with van der Waals surface area (Å²) in [6.45, 7) is 1.32. The van der Waals surface area contributed by atoms with Crippen LogP contribution in [0.25, 0.3) is 0 Å². The number of sulfonamides is 1. The molecule has 1 rings (SSSR count). The second-order valence-electron chi connectivity index (χ2n) is 3.87. The van der Waals surface area contributed by atoms with Gasteiger partial charge >= 0.3 is 6.18 Å². The number of halogens is 4. The minimum atomic E-state index is -4.56. The number of hydrogen-bond acceptors (Lipinski definition) is 2. The Hall–Kier alpha value is -0.600. The second-order valence-corrected chi connectivity index (χ2v) is 6.40. The van der Waals surface area contributed by atoms with Gasteiger partial charge in [0.15, 0.2) is 0 Å². The molecule has 0 saturated carbocycles. The smallest absolute Gasteiger partial charge is 0.211 e. The third-order valence-corrected chi connectivity index (χ3v) is 4.65. The summed E-state index contributed by atoms with van der Waals surface area (Å²) in [7, 11) is -3.92. The number of alkyl halides is 4. The van der Waals surface area contributed by atoms with Crippen LogP contribution >= 0.6 is 15.9 Å². The third kappa shape index (κ3) is 4.19. The van der Waals surface area contributed by atoms with Crippen LogP contribution in [0, 0.1) is 6.92 Å². The molecule has 0 heterocycles. The summed E-state index contributed by atoms with van der Waals surface area (Å²) in [5.41, 5.74) is -1.22. The molecular weight excluding hydrogens is 347 g/mol. The average Bonchev–Trinajstić information content (AvgIpc) is 2.27. The molecule has 0 saturated heterocycles. The maximum atomic E-state index is 12.7. The Morgan fingerprint density at radius 1 is 1.32 bits per heavy atom. The fraction of sp³-hybridized carbons (Fsp3) is 0.455. The highest BCUT2D eigenvalue weighted by molar-refractivity contribution is 9.09. The van der Waals surface area contributed by atoms with Crippen LogP contribution < -0.4 is 4.72 Å². The normalized spacial score (nSPS) is 12.7. The van der Waals surface area contributed by atoms with Gasteiger partial charge in [0.25, 0.3) is 0 Å². The van der Waals surface area contributed by atoms with Crippen LogP contribution in [0.4, 0.5) is 13.2 Å². The first-order chi connectivity index (χ1) is 8.70. The molecule has 1 N–H and O–H groups in total. The summed E-state index contributed by atoms with van der Waals surface area (Å²) in [5.74, 6) is 0. The molecule has 0 radical (unpaired) electrons. The molecule has 1 aromatic rings. The molecule has 8 heteroatoms. The maximum absolute atomic E-state index is 12.7. The van der Waals surface area contributed by atoms with Crippen molar-refractivity contribution in [3.8, 4) is 0 Å². The van der Waals surface area contributed by atoms with Crippen LogP contribution in [-0.2, 0) is 16.2 Å². The lowest BCUT2D eigenvalue weighted by atomic mass is 10.1. The van der Waals surface area contributed by atoms with Crippen molar-refractivity contribution in [3.05, 3.63) is 29.3 Å². The van der Waals surface area contributed by atoms with E-state index in [2.05, 4.69) is 20.7 Å². The lowest BCUT2D eigenvalue weighted by Gasteiger charge is -2.14. The molecule has 0 aliphatic heterocycles. The van der Waals surface area contributed by atoms with E-state index in [-0.39, 0.29) is 17.0 Å². The molecule has 0 atom stereocenters. The van der Waals surface area contributed by atoms with Crippen LogP contribution in [0.15, 0.2) is 23.1 Å². The Balaban J connectivity index is 3.15. The monoisotopic (exact) mass is 359 g/mol. The summed E-state index contributed by atoms with van der Waals surface area (Å²) in [4.78, 5) is -0.336. The molecule has 1 aromatic carbocycles. The van der Waals surface area contributed by atoms with Gasteiger partial charge in [-0.15, -0.1) is 0 Å². The number of nitrogens with one attached hydrogen (secondary N) is 1. The number of benzene rings is 1. The molecular formula is C11H13BrF3NO2S. The predicted octanol–water partition coefficient (Wildman–Crippen LogP) is 3.08. The van der Waals surface area contributed by atoms with E-state index in [9.17, 15) is 21.6 Å².